The number of amides is 4. The van der Waals surface area contributed by atoms with E-state index in [4.69, 9.17) is 5.73 Å². The summed E-state index contributed by atoms with van der Waals surface area (Å²) in [5.74, 6) is -0.804. The third-order valence-electron chi connectivity index (χ3n) is 5.94. The molecule has 172 valence electrons. The maximum atomic E-state index is 13.7. The van der Waals surface area contributed by atoms with E-state index in [-0.39, 0.29) is 12.5 Å². The van der Waals surface area contributed by atoms with Crippen LogP contribution in [0.15, 0.2) is 90.8 Å². The number of benzene rings is 2. The van der Waals surface area contributed by atoms with Crippen LogP contribution >= 0.6 is 0 Å². The molecule has 0 unspecified atom stereocenters. The highest BCUT2D eigenvalue weighted by atomic mass is 16.2. The lowest BCUT2D eigenvalue weighted by molar-refractivity contribution is -0.130. The Morgan fingerprint density at radius 1 is 0.941 bits per heavy atom. The third kappa shape index (κ3) is 4.59. The van der Waals surface area contributed by atoms with Crippen LogP contribution in [-0.4, -0.2) is 34.3 Å². The Hall–Kier alpha value is -4.26. The van der Waals surface area contributed by atoms with E-state index in [0.29, 0.717) is 36.0 Å². The summed E-state index contributed by atoms with van der Waals surface area (Å²) in [5, 5.41) is 2.95. The van der Waals surface area contributed by atoms with Crippen LogP contribution in [-0.2, 0) is 15.1 Å². The average Bonchev–Trinajstić information content (AvgIpc) is 3.13. The van der Waals surface area contributed by atoms with Gasteiger partial charge in [-0.05, 0) is 48.1 Å². The lowest BCUT2D eigenvalue weighted by atomic mass is 9.82. The molecule has 0 radical (unpaired) electrons. The molecule has 0 bridgehead atoms. The molecule has 7 nitrogen and oxygen atoms in total. The zero-order chi connectivity index (χ0) is 24.0. The molecule has 3 N–H and O–H groups in total. The van der Waals surface area contributed by atoms with Gasteiger partial charge in [-0.3, -0.25) is 19.5 Å². The van der Waals surface area contributed by atoms with E-state index in [1.165, 1.54) is 4.90 Å². The van der Waals surface area contributed by atoms with Crippen LogP contribution < -0.4 is 11.1 Å². The summed E-state index contributed by atoms with van der Waals surface area (Å²) < 4.78 is 0. The van der Waals surface area contributed by atoms with Crippen LogP contribution in [0.2, 0.25) is 0 Å². The minimum atomic E-state index is -1.27. The number of carbonyl (C=O) groups is 3. The molecule has 7 heteroatoms. The number of urea groups is 1. The second-order valence-electron chi connectivity index (χ2n) is 8.15. The van der Waals surface area contributed by atoms with Gasteiger partial charge in [0.2, 0.25) is 5.91 Å². The van der Waals surface area contributed by atoms with Crippen molar-refractivity contribution in [3.63, 3.8) is 0 Å². The first kappa shape index (κ1) is 22.9. The number of unbranched alkanes of at least 4 members (excludes halogenated alkanes) is 1. The summed E-state index contributed by atoms with van der Waals surface area (Å²) in [6.07, 6.45) is 6.61. The number of pyridine rings is 1. The van der Waals surface area contributed by atoms with Crippen molar-refractivity contribution in [2.45, 2.75) is 24.8 Å². The van der Waals surface area contributed by atoms with Gasteiger partial charge in [0, 0.05) is 24.5 Å². The molecule has 34 heavy (non-hydrogen) atoms. The molecule has 2 aromatic carbocycles. The van der Waals surface area contributed by atoms with E-state index in [1.807, 2.05) is 66.7 Å². The van der Waals surface area contributed by atoms with Gasteiger partial charge in [0.1, 0.15) is 0 Å². The van der Waals surface area contributed by atoms with Gasteiger partial charge in [-0.1, -0.05) is 66.7 Å². The monoisotopic (exact) mass is 454 g/mol. The Kier molecular flexibility index (Phi) is 6.82. The van der Waals surface area contributed by atoms with E-state index in [0.717, 1.165) is 5.56 Å². The van der Waals surface area contributed by atoms with Crippen molar-refractivity contribution in [2.24, 2.45) is 5.73 Å². The standard InChI is InChI=1S/C27H26N4O3/c28-24(32)21(18-20-10-9-16-29-19-20)11-7-8-17-31-25(33)27(30-26(31)34,22-12-3-1-4-13-22)23-14-5-2-6-15-23/h1-6,9-10,12-16,18-19H,7-8,11,17H2,(H2,28,32)(H,30,34). The summed E-state index contributed by atoms with van der Waals surface area (Å²) in [7, 11) is 0. The number of hydrogen-bond donors (Lipinski definition) is 2. The largest absolute Gasteiger partial charge is 0.366 e. The molecule has 4 amide bonds. The second kappa shape index (κ2) is 10.1. The zero-order valence-corrected chi connectivity index (χ0v) is 18.7. The van der Waals surface area contributed by atoms with Crippen molar-refractivity contribution in [3.8, 4) is 0 Å². The van der Waals surface area contributed by atoms with E-state index in [9.17, 15) is 14.4 Å². The van der Waals surface area contributed by atoms with Crippen molar-refractivity contribution < 1.29 is 14.4 Å². The predicted molar refractivity (Wildman–Crippen MR) is 129 cm³/mol. The zero-order valence-electron chi connectivity index (χ0n) is 18.7. The molecule has 1 aliphatic heterocycles. The van der Waals surface area contributed by atoms with Gasteiger partial charge < -0.3 is 11.1 Å². The lowest BCUT2D eigenvalue weighted by Crippen LogP contribution is -2.45. The molecule has 2 heterocycles. The number of nitrogens with zero attached hydrogens (tertiary/aromatic N) is 2. The molecule has 0 aliphatic carbocycles. The molecule has 0 atom stereocenters. The first-order valence-electron chi connectivity index (χ1n) is 11.2. The molecular formula is C27H26N4O3. The SMILES string of the molecule is NC(=O)C(=Cc1cccnc1)CCCCN1C(=O)NC(c2ccccc2)(c2ccccc2)C1=O. The van der Waals surface area contributed by atoms with Crippen molar-refractivity contribution in [1.82, 2.24) is 15.2 Å². The fraction of sp³-hybridized carbons (Fsp3) is 0.185. The number of primary amides is 1. The van der Waals surface area contributed by atoms with Gasteiger partial charge in [0.25, 0.3) is 5.91 Å². The van der Waals surface area contributed by atoms with Crippen molar-refractivity contribution in [1.29, 1.82) is 0 Å². The Labute approximate surface area is 198 Å². The molecule has 1 aliphatic rings. The van der Waals surface area contributed by atoms with E-state index in [1.54, 1.807) is 24.5 Å². The molecular weight excluding hydrogens is 428 g/mol. The molecule has 1 saturated heterocycles. The van der Waals surface area contributed by atoms with Gasteiger partial charge >= 0.3 is 6.03 Å². The van der Waals surface area contributed by atoms with Crippen molar-refractivity contribution in [2.75, 3.05) is 6.54 Å². The predicted octanol–water partition coefficient (Wildman–Crippen LogP) is 3.62. The summed E-state index contributed by atoms with van der Waals surface area (Å²) in [6.45, 7) is 0.241. The summed E-state index contributed by atoms with van der Waals surface area (Å²) in [5.41, 5.74) is 6.96. The van der Waals surface area contributed by atoms with Crippen LogP contribution in [0.3, 0.4) is 0 Å². The highest BCUT2D eigenvalue weighted by molar-refractivity contribution is 6.09. The number of rotatable bonds is 9. The third-order valence-corrected chi connectivity index (χ3v) is 5.94. The maximum absolute atomic E-state index is 13.7. The first-order chi connectivity index (χ1) is 16.5. The van der Waals surface area contributed by atoms with Gasteiger partial charge in [-0.15, -0.1) is 0 Å². The van der Waals surface area contributed by atoms with Crippen LogP contribution in [0.25, 0.3) is 6.08 Å². The van der Waals surface area contributed by atoms with E-state index in [2.05, 4.69) is 10.3 Å². The fourth-order valence-corrected chi connectivity index (χ4v) is 4.23. The maximum Gasteiger partial charge on any atom is 0.325 e. The normalized spacial score (nSPS) is 15.3. The fourth-order valence-electron chi connectivity index (χ4n) is 4.23. The topological polar surface area (TPSA) is 105 Å². The quantitative estimate of drug-likeness (QED) is 0.293. The number of nitrogens with two attached hydrogens (primary N) is 1. The highest BCUT2D eigenvalue weighted by Crippen LogP contribution is 2.36. The number of imide groups is 1. The minimum Gasteiger partial charge on any atom is -0.366 e. The summed E-state index contributed by atoms with van der Waals surface area (Å²) in [4.78, 5) is 43.8. The second-order valence-corrected chi connectivity index (χ2v) is 8.15. The van der Waals surface area contributed by atoms with E-state index >= 15 is 0 Å². The molecule has 1 aromatic heterocycles. The van der Waals surface area contributed by atoms with Gasteiger partial charge in [0.05, 0.1) is 0 Å². The number of hydrogen-bond acceptors (Lipinski definition) is 4. The minimum absolute atomic E-state index is 0.241. The Balaban J connectivity index is 1.48. The van der Waals surface area contributed by atoms with Gasteiger partial charge in [-0.2, -0.15) is 0 Å². The Morgan fingerprint density at radius 3 is 2.15 bits per heavy atom. The van der Waals surface area contributed by atoms with E-state index < -0.39 is 17.5 Å². The molecule has 4 rings (SSSR count). The average molecular weight is 455 g/mol. The number of nitrogens with one attached hydrogen (secondary N) is 1. The lowest BCUT2D eigenvalue weighted by Gasteiger charge is -2.28. The van der Waals surface area contributed by atoms with Crippen molar-refractivity contribution >= 4 is 23.9 Å². The Bertz CT molecular complexity index is 1150. The van der Waals surface area contributed by atoms with Crippen LogP contribution in [0.1, 0.15) is 36.0 Å². The number of aromatic nitrogens is 1. The summed E-state index contributed by atoms with van der Waals surface area (Å²) in [6, 6.07) is 21.7. The van der Waals surface area contributed by atoms with Crippen LogP contribution in [0, 0.1) is 0 Å². The molecule has 0 saturated carbocycles. The number of carbonyl (C=O) groups excluding carboxylic acids is 3. The smallest absolute Gasteiger partial charge is 0.325 e. The van der Waals surface area contributed by atoms with Gasteiger partial charge in [-0.25, -0.2) is 4.79 Å². The molecule has 1 fully saturated rings. The highest BCUT2D eigenvalue weighted by Gasteiger charge is 2.53. The first-order valence-corrected chi connectivity index (χ1v) is 11.2. The molecule has 3 aromatic rings. The van der Waals surface area contributed by atoms with Crippen LogP contribution in [0.4, 0.5) is 4.79 Å². The van der Waals surface area contributed by atoms with Gasteiger partial charge in [0.15, 0.2) is 5.54 Å². The summed E-state index contributed by atoms with van der Waals surface area (Å²) >= 11 is 0. The van der Waals surface area contributed by atoms with Crippen molar-refractivity contribution in [3.05, 3.63) is 107 Å². The Morgan fingerprint density at radius 2 is 1.59 bits per heavy atom. The van der Waals surface area contributed by atoms with Crippen LogP contribution in [0.5, 0.6) is 0 Å². The molecule has 0 spiro atoms.